The molecule has 2 aliphatic heterocycles. The minimum Gasteiger partial charge on any atom is -0.396 e. The fourth-order valence-electron chi connectivity index (χ4n) is 2.95. The van der Waals surface area contributed by atoms with Crippen molar-refractivity contribution in [1.82, 2.24) is 4.90 Å². The van der Waals surface area contributed by atoms with E-state index in [9.17, 15) is 5.11 Å². The zero-order valence-corrected chi connectivity index (χ0v) is 10.9. The van der Waals surface area contributed by atoms with Gasteiger partial charge in [0, 0.05) is 44.4 Å². The lowest BCUT2D eigenvalue weighted by atomic mass is 9.80. The molecule has 1 N–H and O–H groups in total. The quantitative estimate of drug-likeness (QED) is 0.796. The van der Waals surface area contributed by atoms with Crippen LogP contribution in [0.2, 0.25) is 0 Å². The lowest BCUT2D eigenvalue weighted by Gasteiger charge is -2.41. The number of hydrogen-bond donors (Lipinski definition) is 1. The first kappa shape index (κ1) is 13.3. The second kappa shape index (κ2) is 6.14. The number of ether oxygens (including phenoxy) is 2. The van der Waals surface area contributed by atoms with Crippen LogP contribution in [0.4, 0.5) is 0 Å². The van der Waals surface area contributed by atoms with Gasteiger partial charge in [-0.3, -0.25) is 0 Å². The third-order valence-electron chi connectivity index (χ3n) is 4.29. The third-order valence-corrected chi connectivity index (χ3v) is 4.29. The van der Waals surface area contributed by atoms with Crippen molar-refractivity contribution in [2.24, 2.45) is 5.41 Å². The molecule has 4 heteroatoms. The Morgan fingerprint density at radius 3 is 2.29 bits per heavy atom. The van der Waals surface area contributed by atoms with E-state index < -0.39 is 0 Å². The van der Waals surface area contributed by atoms with Crippen LogP contribution in [0.1, 0.15) is 25.7 Å². The summed E-state index contributed by atoms with van der Waals surface area (Å²) in [7, 11) is 2.18. The molecule has 2 fully saturated rings. The molecule has 0 aliphatic carbocycles. The number of nitrogens with zero attached hydrogens (tertiary/aromatic N) is 1. The Morgan fingerprint density at radius 1 is 1.12 bits per heavy atom. The van der Waals surface area contributed by atoms with Gasteiger partial charge in [-0.15, -0.1) is 0 Å². The Labute approximate surface area is 104 Å². The first-order chi connectivity index (χ1) is 8.26. The van der Waals surface area contributed by atoms with E-state index in [0.29, 0.717) is 6.04 Å². The Bertz CT molecular complexity index is 223. The van der Waals surface area contributed by atoms with Crippen LogP contribution in [0, 0.1) is 5.41 Å². The van der Waals surface area contributed by atoms with Gasteiger partial charge in [0.25, 0.3) is 0 Å². The number of aliphatic hydroxyl groups is 1. The van der Waals surface area contributed by atoms with E-state index in [1.807, 2.05) is 0 Å². The van der Waals surface area contributed by atoms with Crippen molar-refractivity contribution < 1.29 is 14.6 Å². The molecule has 0 aromatic heterocycles. The Morgan fingerprint density at radius 2 is 1.71 bits per heavy atom. The van der Waals surface area contributed by atoms with Crippen molar-refractivity contribution in [3.8, 4) is 0 Å². The van der Waals surface area contributed by atoms with Gasteiger partial charge in [-0.05, 0) is 32.7 Å². The van der Waals surface area contributed by atoms with Crippen LogP contribution in [0.5, 0.6) is 0 Å². The van der Waals surface area contributed by atoms with Gasteiger partial charge in [-0.25, -0.2) is 0 Å². The van der Waals surface area contributed by atoms with E-state index >= 15 is 0 Å². The highest BCUT2D eigenvalue weighted by Crippen LogP contribution is 2.31. The number of rotatable bonds is 4. The molecule has 0 bridgehead atoms. The highest BCUT2D eigenvalue weighted by molar-refractivity contribution is 4.86. The molecule has 2 heterocycles. The van der Waals surface area contributed by atoms with Crippen molar-refractivity contribution in [1.29, 1.82) is 0 Å². The van der Waals surface area contributed by atoms with Crippen LogP contribution in [0.25, 0.3) is 0 Å². The maximum absolute atomic E-state index is 9.68. The van der Waals surface area contributed by atoms with E-state index in [1.54, 1.807) is 0 Å². The number of aliphatic hydroxyl groups excluding tert-OH is 1. The summed E-state index contributed by atoms with van der Waals surface area (Å²) in [5, 5.41) is 9.68. The summed E-state index contributed by atoms with van der Waals surface area (Å²) >= 11 is 0. The van der Waals surface area contributed by atoms with Gasteiger partial charge in [0.05, 0.1) is 6.61 Å². The van der Waals surface area contributed by atoms with Gasteiger partial charge in [0.15, 0.2) is 0 Å². The van der Waals surface area contributed by atoms with Gasteiger partial charge < -0.3 is 19.5 Å². The molecule has 2 aliphatic rings. The predicted molar refractivity (Wildman–Crippen MR) is 66.0 cm³/mol. The molecule has 0 aromatic carbocycles. The van der Waals surface area contributed by atoms with E-state index in [1.165, 1.54) is 0 Å². The second-order valence-corrected chi connectivity index (χ2v) is 5.53. The van der Waals surface area contributed by atoms with E-state index in [4.69, 9.17) is 9.47 Å². The Kier molecular flexibility index (Phi) is 4.79. The molecule has 4 nitrogen and oxygen atoms in total. The predicted octanol–water partition coefficient (Wildman–Crippen LogP) is 0.886. The standard InChI is InChI=1S/C13H25NO3/c1-14(12-2-6-16-7-3-12)10-13(11-15)4-8-17-9-5-13/h12,15H,2-11H2,1H3. The molecule has 0 aromatic rings. The first-order valence-electron chi connectivity index (χ1n) is 6.72. The monoisotopic (exact) mass is 243 g/mol. The lowest BCUT2D eigenvalue weighted by molar-refractivity contribution is -0.0453. The van der Waals surface area contributed by atoms with Crippen molar-refractivity contribution >= 4 is 0 Å². The van der Waals surface area contributed by atoms with E-state index in [2.05, 4.69) is 11.9 Å². The van der Waals surface area contributed by atoms with Crippen molar-refractivity contribution in [2.75, 3.05) is 46.6 Å². The minimum absolute atomic E-state index is 0.0608. The summed E-state index contributed by atoms with van der Waals surface area (Å²) in [6.07, 6.45) is 4.21. The fraction of sp³-hybridized carbons (Fsp3) is 1.00. The maximum atomic E-state index is 9.68. The van der Waals surface area contributed by atoms with Crippen LogP contribution >= 0.6 is 0 Å². The fourth-order valence-corrected chi connectivity index (χ4v) is 2.95. The van der Waals surface area contributed by atoms with Crippen LogP contribution in [0.15, 0.2) is 0 Å². The molecule has 0 spiro atoms. The highest BCUT2D eigenvalue weighted by Gasteiger charge is 2.34. The molecule has 100 valence electrons. The summed E-state index contributed by atoms with van der Waals surface area (Å²) < 4.78 is 10.8. The van der Waals surface area contributed by atoms with Gasteiger partial charge in [0.2, 0.25) is 0 Å². The summed E-state index contributed by atoms with van der Waals surface area (Å²) in [6.45, 7) is 4.61. The summed E-state index contributed by atoms with van der Waals surface area (Å²) in [6, 6.07) is 0.620. The van der Waals surface area contributed by atoms with Crippen LogP contribution < -0.4 is 0 Å². The summed E-state index contributed by atoms with van der Waals surface area (Å²) in [5.74, 6) is 0. The van der Waals surface area contributed by atoms with Gasteiger partial charge in [-0.1, -0.05) is 0 Å². The lowest BCUT2D eigenvalue weighted by Crippen LogP contribution is -2.47. The SMILES string of the molecule is CN(CC1(CO)CCOCC1)C1CCOCC1. The molecule has 0 atom stereocenters. The zero-order valence-electron chi connectivity index (χ0n) is 10.9. The molecule has 0 radical (unpaired) electrons. The Balaban J connectivity index is 1.88. The molecule has 0 saturated carbocycles. The molecule has 0 amide bonds. The molecule has 2 rings (SSSR count). The molecule has 0 unspecified atom stereocenters. The van der Waals surface area contributed by atoms with Gasteiger partial charge in [0.1, 0.15) is 0 Å². The maximum Gasteiger partial charge on any atom is 0.0501 e. The largest absolute Gasteiger partial charge is 0.396 e. The van der Waals surface area contributed by atoms with Crippen molar-refractivity contribution in [3.05, 3.63) is 0 Å². The minimum atomic E-state index is 0.0608. The molecule has 2 saturated heterocycles. The van der Waals surface area contributed by atoms with Crippen molar-refractivity contribution in [3.63, 3.8) is 0 Å². The van der Waals surface area contributed by atoms with Crippen LogP contribution in [-0.2, 0) is 9.47 Å². The normalized spacial score (nSPS) is 26.3. The second-order valence-electron chi connectivity index (χ2n) is 5.53. The number of hydrogen-bond acceptors (Lipinski definition) is 4. The average molecular weight is 243 g/mol. The smallest absolute Gasteiger partial charge is 0.0501 e. The Hall–Kier alpha value is -0.160. The first-order valence-corrected chi connectivity index (χ1v) is 6.72. The average Bonchev–Trinajstić information content (AvgIpc) is 2.41. The van der Waals surface area contributed by atoms with E-state index in [0.717, 1.165) is 58.7 Å². The van der Waals surface area contributed by atoms with Gasteiger partial charge in [-0.2, -0.15) is 0 Å². The summed E-state index contributed by atoms with van der Waals surface area (Å²) in [5.41, 5.74) is 0.0608. The summed E-state index contributed by atoms with van der Waals surface area (Å²) in [4.78, 5) is 2.42. The third kappa shape index (κ3) is 3.41. The van der Waals surface area contributed by atoms with Crippen LogP contribution in [-0.4, -0.2) is 62.7 Å². The topological polar surface area (TPSA) is 41.9 Å². The molecular weight excluding hydrogens is 218 g/mol. The van der Waals surface area contributed by atoms with Crippen LogP contribution in [0.3, 0.4) is 0 Å². The molecule has 17 heavy (non-hydrogen) atoms. The molecular formula is C13H25NO3. The highest BCUT2D eigenvalue weighted by atomic mass is 16.5. The van der Waals surface area contributed by atoms with Gasteiger partial charge >= 0.3 is 0 Å². The van der Waals surface area contributed by atoms with Crippen molar-refractivity contribution in [2.45, 2.75) is 31.7 Å². The van der Waals surface area contributed by atoms with E-state index in [-0.39, 0.29) is 12.0 Å². The zero-order chi connectivity index (χ0) is 12.1.